The molecule has 11 atom stereocenters. The van der Waals surface area contributed by atoms with Crippen LogP contribution in [0.2, 0.25) is 0 Å². The van der Waals surface area contributed by atoms with Crippen molar-refractivity contribution in [2.75, 3.05) is 33.0 Å². The van der Waals surface area contributed by atoms with E-state index in [0.29, 0.717) is 13.0 Å². The molecule has 0 aromatic carbocycles. The van der Waals surface area contributed by atoms with Gasteiger partial charge in [0.1, 0.15) is 54.9 Å². The van der Waals surface area contributed by atoms with Gasteiger partial charge in [0.05, 0.1) is 32.8 Å². The van der Waals surface area contributed by atoms with Gasteiger partial charge in [0.15, 0.2) is 12.6 Å². The molecular formula is C53H88O14. The van der Waals surface area contributed by atoms with Crippen molar-refractivity contribution in [3.05, 3.63) is 85.1 Å². The van der Waals surface area contributed by atoms with E-state index in [2.05, 4.69) is 80.7 Å². The second kappa shape index (κ2) is 40.0. The van der Waals surface area contributed by atoms with Crippen LogP contribution in [0, 0.1) is 0 Å². The van der Waals surface area contributed by atoms with Crippen LogP contribution >= 0.6 is 0 Å². The Morgan fingerprint density at radius 3 is 1.52 bits per heavy atom. The number of ether oxygens (including phenoxy) is 6. The largest absolute Gasteiger partial charge is 0.457 e. The molecule has 2 aliphatic heterocycles. The first-order valence-corrected chi connectivity index (χ1v) is 25.2. The highest BCUT2D eigenvalue weighted by atomic mass is 16.7. The summed E-state index contributed by atoms with van der Waals surface area (Å²) >= 11 is 0. The van der Waals surface area contributed by atoms with Gasteiger partial charge < -0.3 is 64.2 Å². The average molecular weight is 949 g/mol. The summed E-state index contributed by atoms with van der Waals surface area (Å²) in [6.07, 6.45) is 33.9. The monoisotopic (exact) mass is 949 g/mol. The summed E-state index contributed by atoms with van der Waals surface area (Å²) in [5.74, 6) is -0.508. The van der Waals surface area contributed by atoms with Crippen LogP contribution in [0.1, 0.15) is 142 Å². The maximum absolute atomic E-state index is 12.9. The van der Waals surface area contributed by atoms with Crippen molar-refractivity contribution in [3.63, 3.8) is 0 Å². The van der Waals surface area contributed by atoms with Crippen LogP contribution in [0.25, 0.3) is 0 Å². The van der Waals surface area contributed by atoms with Crippen molar-refractivity contribution >= 4 is 5.97 Å². The van der Waals surface area contributed by atoms with E-state index in [1.165, 1.54) is 57.8 Å². The molecule has 2 fully saturated rings. The summed E-state index contributed by atoms with van der Waals surface area (Å²) < 4.78 is 34.1. The van der Waals surface area contributed by atoms with Gasteiger partial charge in [-0.2, -0.15) is 0 Å². The van der Waals surface area contributed by atoms with Gasteiger partial charge in [-0.3, -0.25) is 4.79 Å². The summed E-state index contributed by atoms with van der Waals surface area (Å²) in [5.41, 5.74) is 0. The number of rotatable bonds is 38. The Hall–Kier alpha value is -2.83. The van der Waals surface area contributed by atoms with Crippen molar-refractivity contribution in [3.8, 4) is 0 Å². The Morgan fingerprint density at radius 1 is 0.507 bits per heavy atom. The van der Waals surface area contributed by atoms with Gasteiger partial charge in [0.2, 0.25) is 0 Å². The lowest BCUT2D eigenvalue weighted by Crippen LogP contribution is -2.61. The first-order chi connectivity index (χ1) is 32.6. The minimum atomic E-state index is -1.73. The van der Waals surface area contributed by atoms with Gasteiger partial charge in [0, 0.05) is 6.61 Å². The number of esters is 1. The lowest BCUT2D eigenvalue weighted by Gasteiger charge is -2.42. The molecule has 0 saturated carbocycles. The molecular weight excluding hydrogens is 861 g/mol. The summed E-state index contributed by atoms with van der Waals surface area (Å²) in [6, 6.07) is 0. The zero-order chi connectivity index (χ0) is 48.7. The topological polar surface area (TPSA) is 214 Å². The molecule has 0 bridgehead atoms. The Bertz CT molecular complexity index is 1430. The Kier molecular flexibility index (Phi) is 36.0. The third-order valence-electron chi connectivity index (χ3n) is 11.4. The highest BCUT2D eigenvalue weighted by Crippen LogP contribution is 2.26. The molecule has 0 aliphatic carbocycles. The molecule has 7 N–H and O–H groups in total. The van der Waals surface area contributed by atoms with Crippen molar-refractivity contribution in [2.45, 2.75) is 210 Å². The van der Waals surface area contributed by atoms with Gasteiger partial charge in [0.25, 0.3) is 0 Å². The Balaban J connectivity index is 1.82. The number of carbonyl (C=O) groups excluding carboxylic acids is 1. The smallest absolute Gasteiger partial charge is 0.310 e. The van der Waals surface area contributed by atoms with Gasteiger partial charge in [-0.25, -0.2) is 0 Å². The van der Waals surface area contributed by atoms with Crippen LogP contribution in [0.4, 0.5) is 0 Å². The van der Waals surface area contributed by atoms with Crippen molar-refractivity contribution in [1.29, 1.82) is 0 Å². The molecule has 0 radical (unpaired) electrons. The highest BCUT2D eigenvalue weighted by molar-refractivity contribution is 5.71. The second-order valence-electron chi connectivity index (χ2n) is 17.3. The van der Waals surface area contributed by atoms with E-state index in [9.17, 15) is 40.5 Å². The number of allylic oxidation sites excluding steroid dienone is 13. The number of unbranched alkanes of at least 4 members (excludes halogenated alkanes) is 11. The minimum Gasteiger partial charge on any atom is -0.457 e. The van der Waals surface area contributed by atoms with E-state index in [1.54, 1.807) is 6.08 Å². The molecule has 384 valence electrons. The van der Waals surface area contributed by atoms with E-state index in [4.69, 9.17) is 28.4 Å². The van der Waals surface area contributed by atoms with Crippen LogP contribution in [0.5, 0.6) is 0 Å². The van der Waals surface area contributed by atoms with Crippen LogP contribution in [-0.4, -0.2) is 142 Å². The molecule has 2 aliphatic rings. The standard InChI is InChI=1S/C53H88O14/c1-3-5-7-9-11-13-15-17-19-20-21-23-25-27-29-31-33-35-37-62-39-42(65-45(55)36-34-32-30-28-26-24-22-18-16-14-12-10-8-6-4-2)40-63-52-51(61)49(59)47(57)44(67-52)41-64-53-50(60)48(58)46(56)43(38-54)66-53/h6,8,11-14,17-19,22,26,28,32,34,42-44,46-54,56-61H,3-5,7,9-10,15-16,20-21,23-25,27,29-31,33,35-41H2,1-2H3/b8-6-,13-11-,14-12-,19-17-,22-18-,28-26-,34-32-. The first kappa shape index (κ1) is 60.3. The summed E-state index contributed by atoms with van der Waals surface area (Å²) in [5, 5.41) is 72.1. The zero-order valence-corrected chi connectivity index (χ0v) is 40.6. The molecule has 2 rings (SSSR count). The third-order valence-corrected chi connectivity index (χ3v) is 11.4. The number of aliphatic hydroxyl groups excluding tert-OH is 7. The Labute approximate surface area is 401 Å². The molecule has 2 saturated heterocycles. The third kappa shape index (κ3) is 27.8. The molecule has 14 heteroatoms. The van der Waals surface area contributed by atoms with E-state index >= 15 is 0 Å². The maximum atomic E-state index is 12.9. The van der Waals surface area contributed by atoms with E-state index in [1.807, 2.05) is 12.2 Å². The molecule has 0 aromatic rings. The predicted molar refractivity (Wildman–Crippen MR) is 261 cm³/mol. The van der Waals surface area contributed by atoms with Gasteiger partial charge in [-0.15, -0.1) is 0 Å². The quantitative estimate of drug-likeness (QED) is 0.0184. The van der Waals surface area contributed by atoms with Crippen LogP contribution in [-0.2, 0) is 33.2 Å². The van der Waals surface area contributed by atoms with Crippen molar-refractivity contribution in [1.82, 2.24) is 0 Å². The highest BCUT2D eigenvalue weighted by Gasteiger charge is 2.47. The van der Waals surface area contributed by atoms with Crippen LogP contribution in [0.3, 0.4) is 0 Å². The molecule has 14 nitrogen and oxygen atoms in total. The minimum absolute atomic E-state index is 0.0126. The normalized spacial score (nSPS) is 26.8. The molecule has 11 unspecified atom stereocenters. The van der Waals surface area contributed by atoms with Crippen LogP contribution < -0.4 is 0 Å². The zero-order valence-electron chi connectivity index (χ0n) is 40.6. The Morgan fingerprint density at radius 2 is 0.970 bits per heavy atom. The SMILES string of the molecule is CC/C=C\C/C=C\C/C=C\C/C=C\C/C=C\CC(=O)OC(COCCCCCCCCCC/C=C\C/C=C\CCCCC)COC1OC(COC2OC(CO)C(O)C(O)C2O)C(O)C(O)C1O. The fourth-order valence-corrected chi connectivity index (χ4v) is 7.33. The van der Waals surface area contributed by atoms with Crippen molar-refractivity contribution < 1.29 is 69.0 Å². The molecule has 2 heterocycles. The van der Waals surface area contributed by atoms with E-state index < -0.39 is 86.7 Å². The summed E-state index contributed by atoms with van der Waals surface area (Å²) in [6.45, 7) is 3.38. The summed E-state index contributed by atoms with van der Waals surface area (Å²) in [7, 11) is 0. The summed E-state index contributed by atoms with van der Waals surface area (Å²) in [4.78, 5) is 12.9. The maximum Gasteiger partial charge on any atom is 0.310 e. The number of carbonyl (C=O) groups is 1. The first-order valence-electron chi connectivity index (χ1n) is 25.2. The number of hydrogen-bond acceptors (Lipinski definition) is 14. The molecule has 0 amide bonds. The van der Waals surface area contributed by atoms with Crippen LogP contribution in [0.15, 0.2) is 85.1 Å². The molecule has 0 spiro atoms. The predicted octanol–water partition coefficient (Wildman–Crippen LogP) is 7.29. The molecule has 0 aromatic heterocycles. The molecule has 67 heavy (non-hydrogen) atoms. The van der Waals surface area contributed by atoms with Gasteiger partial charge in [-0.05, 0) is 70.6 Å². The van der Waals surface area contributed by atoms with E-state index in [-0.39, 0.29) is 19.6 Å². The van der Waals surface area contributed by atoms with Crippen molar-refractivity contribution in [2.24, 2.45) is 0 Å². The lowest BCUT2D eigenvalue weighted by molar-refractivity contribution is -0.332. The fraction of sp³-hybridized carbons (Fsp3) is 0.717. The lowest BCUT2D eigenvalue weighted by atomic mass is 9.98. The number of hydrogen-bond donors (Lipinski definition) is 7. The average Bonchev–Trinajstić information content (AvgIpc) is 3.32. The number of aliphatic hydroxyl groups is 7. The van der Waals surface area contributed by atoms with Gasteiger partial charge >= 0.3 is 5.97 Å². The fourth-order valence-electron chi connectivity index (χ4n) is 7.33. The van der Waals surface area contributed by atoms with E-state index in [0.717, 1.165) is 57.8 Å². The second-order valence-corrected chi connectivity index (χ2v) is 17.3. The van der Waals surface area contributed by atoms with Gasteiger partial charge in [-0.1, -0.05) is 150 Å².